The van der Waals surface area contributed by atoms with Crippen molar-refractivity contribution in [1.82, 2.24) is 10.2 Å². The van der Waals surface area contributed by atoms with Gasteiger partial charge in [0, 0.05) is 19.1 Å². The number of piperidine rings is 1. The van der Waals surface area contributed by atoms with Gasteiger partial charge in [0.05, 0.1) is 6.61 Å². The standard InChI is InChI=1S/C12H26N2O/c1-11(2)5-6-13-12-4-3-7-14(10-12)8-9-15/h11-13,15H,3-10H2,1-2H3. The molecule has 0 aliphatic carbocycles. The Labute approximate surface area is 93.9 Å². The normalized spacial score (nSPS) is 23.6. The second kappa shape index (κ2) is 7.20. The van der Waals surface area contributed by atoms with Crippen LogP contribution in [0.15, 0.2) is 0 Å². The van der Waals surface area contributed by atoms with E-state index in [-0.39, 0.29) is 0 Å². The lowest BCUT2D eigenvalue weighted by atomic mass is 10.0. The molecule has 0 spiro atoms. The number of nitrogens with zero attached hydrogens (tertiary/aromatic N) is 1. The summed E-state index contributed by atoms with van der Waals surface area (Å²) in [6.45, 7) is 9.05. The Kier molecular flexibility index (Phi) is 6.22. The molecule has 1 aliphatic heterocycles. The van der Waals surface area contributed by atoms with Gasteiger partial charge in [0.1, 0.15) is 0 Å². The van der Waals surface area contributed by atoms with E-state index in [2.05, 4.69) is 24.1 Å². The van der Waals surface area contributed by atoms with E-state index >= 15 is 0 Å². The molecule has 1 fully saturated rings. The van der Waals surface area contributed by atoms with Crippen LogP contribution in [0, 0.1) is 5.92 Å². The third-order valence-electron chi connectivity index (χ3n) is 3.08. The highest BCUT2D eigenvalue weighted by atomic mass is 16.3. The number of nitrogens with one attached hydrogen (secondary N) is 1. The number of hydrogen-bond acceptors (Lipinski definition) is 3. The van der Waals surface area contributed by atoms with Gasteiger partial charge in [-0.1, -0.05) is 13.8 Å². The van der Waals surface area contributed by atoms with Crippen LogP contribution in [0.3, 0.4) is 0 Å². The van der Waals surface area contributed by atoms with Crippen LogP contribution < -0.4 is 5.32 Å². The second-order valence-corrected chi connectivity index (χ2v) is 5.00. The van der Waals surface area contributed by atoms with E-state index in [0.29, 0.717) is 12.6 Å². The summed E-state index contributed by atoms with van der Waals surface area (Å²) >= 11 is 0. The van der Waals surface area contributed by atoms with E-state index < -0.39 is 0 Å². The van der Waals surface area contributed by atoms with Crippen LogP contribution in [-0.2, 0) is 0 Å². The highest BCUT2D eigenvalue weighted by Crippen LogP contribution is 2.09. The number of aliphatic hydroxyl groups is 1. The molecular weight excluding hydrogens is 188 g/mol. The Morgan fingerprint density at radius 2 is 2.27 bits per heavy atom. The molecule has 0 amide bonds. The molecule has 0 radical (unpaired) electrons. The first-order chi connectivity index (χ1) is 7.22. The maximum atomic E-state index is 8.89. The lowest BCUT2D eigenvalue weighted by Gasteiger charge is -2.32. The first-order valence-electron chi connectivity index (χ1n) is 6.29. The van der Waals surface area contributed by atoms with Gasteiger partial charge in [-0.2, -0.15) is 0 Å². The van der Waals surface area contributed by atoms with Gasteiger partial charge in [-0.05, 0) is 38.3 Å². The number of hydrogen-bond donors (Lipinski definition) is 2. The van der Waals surface area contributed by atoms with Crippen molar-refractivity contribution in [3.63, 3.8) is 0 Å². The highest BCUT2D eigenvalue weighted by Gasteiger charge is 2.18. The van der Waals surface area contributed by atoms with E-state index in [0.717, 1.165) is 32.1 Å². The van der Waals surface area contributed by atoms with E-state index in [4.69, 9.17) is 5.11 Å². The minimum absolute atomic E-state index is 0.290. The first kappa shape index (κ1) is 12.9. The molecule has 3 heteroatoms. The SMILES string of the molecule is CC(C)CCNC1CCCN(CCO)C1. The van der Waals surface area contributed by atoms with Gasteiger partial charge in [-0.25, -0.2) is 0 Å². The fraction of sp³-hybridized carbons (Fsp3) is 1.00. The lowest BCUT2D eigenvalue weighted by Crippen LogP contribution is -2.46. The Morgan fingerprint density at radius 1 is 1.47 bits per heavy atom. The maximum Gasteiger partial charge on any atom is 0.0558 e. The Hall–Kier alpha value is -0.120. The zero-order valence-electron chi connectivity index (χ0n) is 10.2. The Balaban J connectivity index is 2.12. The van der Waals surface area contributed by atoms with Crippen LogP contribution in [0.1, 0.15) is 33.1 Å². The molecule has 1 atom stereocenters. The molecule has 0 saturated carbocycles. The second-order valence-electron chi connectivity index (χ2n) is 5.00. The van der Waals surface area contributed by atoms with E-state index in [1.807, 2.05) is 0 Å². The molecule has 0 aromatic heterocycles. The van der Waals surface area contributed by atoms with Crippen LogP contribution in [0.5, 0.6) is 0 Å². The summed E-state index contributed by atoms with van der Waals surface area (Å²) in [5.74, 6) is 0.787. The summed E-state index contributed by atoms with van der Waals surface area (Å²) in [4.78, 5) is 2.36. The van der Waals surface area contributed by atoms with Crippen molar-refractivity contribution in [2.45, 2.75) is 39.2 Å². The molecule has 1 saturated heterocycles. The fourth-order valence-electron chi connectivity index (χ4n) is 2.14. The molecule has 1 unspecified atom stereocenters. The smallest absolute Gasteiger partial charge is 0.0558 e. The topological polar surface area (TPSA) is 35.5 Å². The van der Waals surface area contributed by atoms with Gasteiger partial charge >= 0.3 is 0 Å². The third kappa shape index (κ3) is 5.50. The third-order valence-corrected chi connectivity index (χ3v) is 3.08. The van der Waals surface area contributed by atoms with E-state index in [9.17, 15) is 0 Å². The van der Waals surface area contributed by atoms with Crippen molar-refractivity contribution in [2.75, 3.05) is 32.8 Å². The van der Waals surface area contributed by atoms with Crippen molar-refractivity contribution in [3.05, 3.63) is 0 Å². The summed E-state index contributed by atoms with van der Waals surface area (Å²) in [5, 5.41) is 12.5. The molecule has 90 valence electrons. The molecule has 2 N–H and O–H groups in total. The number of aliphatic hydroxyl groups excluding tert-OH is 1. The van der Waals surface area contributed by atoms with Crippen molar-refractivity contribution >= 4 is 0 Å². The molecule has 1 rings (SSSR count). The lowest BCUT2D eigenvalue weighted by molar-refractivity contribution is 0.151. The quantitative estimate of drug-likeness (QED) is 0.694. The van der Waals surface area contributed by atoms with E-state index in [1.165, 1.54) is 19.3 Å². The molecule has 1 heterocycles. The minimum atomic E-state index is 0.290. The van der Waals surface area contributed by atoms with Crippen molar-refractivity contribution in [3.8, 4) is 0 Å². The zero-order chi connectivity index (χ0) is 11.1. The van der Waals surface area contributed by atoms with Gasteiger partial charge < -0.3 is 10.4 Å². The molecule has 0 aromatic rings. The number of likely N-dealkylation sites (tertiary alicyclic amines) is 1. The molecule has 15 heavy (non-hydrogen) atoms. The van der Waals surface area contributed by atoms with Gasteiger partial charge in [0.15, 0.2) is 0 Å². The minimum Gasteiger partial charge on any atom is -0.395 e. The van der Waals surface area contributed by atoms with Crippen molar-refractivity contribution < 1.29 is 5.11 Å². The fourth-order valence-corrected chi connectivity index (χ4v) is 2.14. The van der Waals surface area contributed by atoms with Crippen LogP contribution in [0.2, 0.25) is 0 Å². The Morgan fingerprint density at radius 3 is 2.93 bits per heavy atom. The Bertz CT molecular complexity index is 160. The molecule has 3 nitrogen and oxygen atoms in total. The van der Waals surface area contributed by atoms with Crippen molar-refractivity contribution in [1.29, 1.82) is 0 Å². The predicted octanol–water partition coefficient (Wildman–Crippen LogP) is 1.08. The van der Waals surface area contributed by atoms with Crippen LogP contribution in [0.4, 0.5) is 0 Å². The summed E-state index contributed by atoms with van der Waals surface area (Å²) in [6.07, 6.45) is 3.82. The largest absolute Gasteiger partial charge is 0.395 e. The first-order valence-corrected chi connectivity index (χ1v) is 6.29. The molecule has 0 aromatic carbocycles. The molecule has 0 bridgehead atoms. The van der Waals surface area contributed by atoms with Gasteiger partial charge in [-0.15, -0.1) is 0 Å². The highest BCUT2D eigenvalue weighted by molar-refractivity contribution is 4.77. The number of rotatable bonds is 6. The summed E-state index contributed by atoms with van der Waals surface area (Å²) in [7, 11) is 0. The number of β-amino-alcohol motifs (C(OH)–C–C–N with tert-alkyl or cyclic N) is 1. The monoisotopic (exact) mass is 214 g/mol. The molecular formula is C12H26N2O. The summed E-state index contributed by atoms with van der Waals surface area (Å²) in [5.41, 5.74) is 0. The van der Waals surface area contributed by atoms with Crippen LogP contribution in [-0.4, -0.2) is 48.8 Å². The van der Waals surface area contributed by atoms with Gasteiger partial charge in [0.2, 0.25) is 0 Å². The molecule has 1 aliphatic rings. The van der Waals surface area contributed by atoms with Crippen molar-refractivity contribution in [2.24, 2.45) is 5.92 Å². The maximum absolute atomic E-state index is 8.89. The van der Waals surface area contributed by atoms with Gasteiger partial charge in [-0.3, -0.25) is 4.90 Å². The zero-order valence-corrected chi connectivity index (χ0v) is 10.2. The van der Waals surface area contributed by atoms with Crippen LogP contribution in [0.25, 0.3) is 0 Å². The predicted molar refractivity (Wildman–Crippen MR) is 64.0 cm³/mol. The van der Waals surface area contributed by atoms with Crippen LogP contribution >= 0.6 is 0 Å². The summed E-state index contributed by atoms with van der Waals surface area (Å²) in [6, 6.07) is 0.643. The van der Waals surface area contributed by atoms with Gasteiger partial charge in [0.25, 0.3) is 0 Å². The average molecular weight is 214 g/mol. The summed E-state index contributed by atoms with van der Waals surface area (Å²) < 4.78 is 0. The van der Waals surface area contributed by atoms with E-state index in [1.54, 1.807) is 0 Å². The average Bonchev–Trinajstić information content (AvgIpc) is 2.18.